The van der Waals surface area contributed by atoms with Gasteiger partial charge in [-0.05, 0) is 107 Å². The maximum absolute atomic E-state index is 9.65. The molecule has 3 N–H and O–H groups in total. The van der Waals surface area contributed by atoms with Crippen LogP contribution in [0.1, 0.15) is 82.9 Å². The minimum absolute atomic E-state index is 0.0354. The Kier molecular flexibility index (Phi) is 13.7. The summed E-state index contributed by atoms with van der Waals surface area (Å²) in [6.07, 6.45) is 12.0. The van der Waals surface area contributed by atoms with Crippen molar-refractivity contribution in [1.82, 2.24) is 9.88 Å². The average molecular weight is 553 g/mol. The number of nitrogens with zero attached hydrogens (tertiary/aromatic N) is 3. The molecule has 7 nitrogen and oxygen atoms in total. The molecule has 2 aromatic rings. The van der Waals surface area contributed by atoms with Crippen LogP contribution in [0.25, 0.3) is 0 Å². The summed E-state index contributed by atoms with van der Waals surface area (Å²) in [6, 6.07) is 15.2. The average Bonchev–Trinajstić information content (AvgIpc) is 2.98. The normalized spacial score (nSPS) is 18.2. The molecule has 1 aromatic heterocycles. The van der Waals surface area contributed by atoms with Crippen LogP contribution < -0.4 is 10.2 Å². The lowest BCUT2D eigenvalue weighted by Gasteiger charge is -2.38. The number of nitrogens with one attached hydrogen (secondary N) is 1. The molecule has 7 heteroatoms. The number of aliphatic hydroxyl groups is 1. The van der Waals surface area contributed by atoms with Gasteiger partial charge in [-0.1, -0.05) is 44.5 Å². The highest BCUT2D eigenvalue weighted by Gasteiger charge is 2.25. The number of likely N-dealkylation sites (tertiary alicyclic amines) is 1. The number of pyridine rings is 1. The molecule has 2 fully saturated rings. The minimum Gasteiger partial charge on any atom is -0.481 e. The summed E-state index contributed by atoms with van der Waals surface area (Å²) in [6.45, 7) is 12.0. The molecule has 0 saturated carbocycles. The molecule has 1 aromatic carbocycles. The van der Waals surface area contributed by atoms with Gasteiger partial charge in [-0.2, -0.15) is 0 Å². The van der Waals surface area contributed by atoms with Gasteiger partial charge in [-0.25, -0.2) is 4.98 Å². The first-order valence-electron chi connectivity index (χ1n) is 15.4. The van der Waals surface area contributed by atoms with E-state index in [4.69, 9.17) is 15.2 Å². The highest BCUT2D eigenvalue weighted by Crippen LogP contribution is 2.31. The Bertz CT molecular complexity index is 982. The zero-order chi connectivity index (χ0) is 28.6. The van der Waals surface area contributed by atoms with E-state index in [0.717, 1.165) is 18.8 Å². The van der Waals surface area contributed by atoms with Crippen LogP contribution in [0.5, 0.6) is 0 Å². The van der Waals surface area contributed by atoms with Crippen molar-refractivity contribution in [2.75, 3.05) is 56.1 Å². The van der Waals surface area contributed by atoms with Gasteiger partial charge in [0, 0.05) is 44.0 Å². The van der Waals surface area contributed by atoms with Crippen molar-refractivity contribution < 1.29 is 15.0 Å². The minimum atomic E-state index is -0.853. The number of fused-ring (bicyclic) bond motifs is 1. The second-order valence-corrected chi connectivity index (χ2v) is 12.1. The van der Waals surface area contributed by atoms with Gasteiger partial charge < -0.3 is 25.3 Å². The SMILES string of the molecule is CC1(C)CCN(c2ccccc2)CC1.O=C(O)CCCO.c1cc2c(nc1CCCN1CCCCC1)NCCC2. The number of aliphatic carboxylic acids is 1. The highest BCUT2D eigenvalue weighted by molar-refractivity contribution is 5.66. The molecule has 3 aliphatic heterocycles. The summed E-state index contributed by atoms with van der Waals surface area (Å²) in [7, 11) is 0. The molecule has 0 aliphatic carbocycles. The summed E-state index contributed by atoms with van der Waals surface area (Å²) in [5, 5.41) is 19.4. The fourth-order valence-corrected chi connectivity index (χ4v) is 5.41. The van der Waals surface area contributed by atoms with E-state index >= 15 is 0 Å². The molecule has 3 aliphatic rings. The lowest BCUT2D eigenvalue weighted by atomic mass is 9.82. The molecule has 0 bridgehead atoms. The largest absolute Gasteiger partial charge is 0.481 e. The number of anilines is 2. The molecular formula is C33H52N4O3. The summed E-state index contributed by atoms with van der Waals surface area (Å²) in [4.78, 5) is 19.5. The number of para-hydroxylation sites is 1. The number of carboxylic acid groups (broad SMARTS) is 1. The number of carbonyl (C=O) groups is 1. The maximum Gasteiger partial charge on any atom is 0.303 e. The second-order valence-electron chi connectivity index (χ2n) is 12.1. The predicted octanol–water partition coefficient (Wildman–Crippen LogP) is 6.01. The zero-order valence-electron chi connectivity index (χ0n) is 24.9. The molecule has 0 atom stereocenters. The van der Waals surface area contributed by atoms with Crippen molar-refractivity contribution in [2.45, 2.75) is 84.5 Å². The van der Waals surface area contributed by atoms with Crippen molar-refractivity contribution in [1.29, 1.82) is 0 Å². The number of aromatic nitrogens is 1. The van der Waals surface area contributed by atoms with Crippen LogP contribution in [0.4, 0.5) is 11.5 Å². The number of piperidine rings is 2. The number of carboxylic acids is 1. The number of rotatable bonds is 8. The first-order chi connectivity index (χ1) is 19.4. The van der Waals surface area contributed by atoms with Gasteiger partial charge in [0.05, 0.1) is 0 Å². The quantitative estimate of drug-likeness (QED) is 0.369. The Morgan fingerprint density at radius 1 is 0.950 bits per heavy atom. The molecule has 0 amide bonds. The third-order valence-corrected chi connectivity index (χ3v) is 8.09. The number of hydrogen-bond acceptors (Lipinski definition) is 6. The van der Waals surface area contributed by atoms with Crippen LogP contribution in [-0.2, 0) is 17.6 Å². The Morgan fingerprint density at radius 2 is 1.68 bits per heavy atom. The molecule has 40 heavy (non-hydrogen) atoms. The first kappa shape index (κ1) is 31.9. The smallest absolute Gasteiger partial charge is 0.303 e. The second kappa shape index (κ2) is 17.2. The number of aryl methyl sites for hydroxylation is 2. The van der Waals surface area contributed by atoms with Crippen LogP contribution >= 0.6 is 0 Å². The van der Waals surface area contributed by atoms with E-state index < -0.39 is 5.97 Å². The fraction of sp³-hybridized carbons (Fsp3) is 0.636. The van der Waals surface area contributed by atoms with Crippen LogP contribution in [0.3, 0.4) is 0 Å². The van der Waals surface area contributed by atoms with Crippen molar-refractivity contribution in [3.05, 3.63) is 53.7 Å². The molecule has 0 radical (unpaired) electrons. The summed E-state index contributed by atoms with van der Waals surface area (Å²) < 4.78 is 0. The monoisotopic (exact) mass is 552 g/mol. The summed E-state index contributed by atoms with van der Waals surface area (Å²) >= 11 is 0. The molecule has 5 rings (SSSR count). The van der Waals surface area contributed by atoms with Gasteiger partial charge in [0.15, 0.2) is 0 Å². The topological polar surface area (TPSA) is 88.9 Å². The van der Waals surface area contributed by atoms with Crippen molar-refractivity contribution in [3.63, 3.8) is 0 Å². The number of aliphatic hydroxyl groups excluding tert-OH is 1. The Morgan fingerprint density at radius 3 is 2.33 bits per heavy atom. The Hall–Kier alpha value is -2.64. The van der Waals surface area contributed by atoms with E-state index in [1.807, 2.05) is 0 Å². The maximum atomic E-state index is 9.65. The number of benzene rings is 1. The summed E-state index contributed by atoms with van der Waals surface area (Å²) in [5.41, 5.74) is 4.57. The van der Waals surface area contributed by atoms with Crippen LogP contribution in [0.2, 0.25) is 0 Å². The van der Waals surface area contributed by atoms with Gasteiger partial charge >= 0.3 is 5.97 Å². The molecule has 0 spiro atoms. The van der Waals surface area contributed by atoms with E-state index in [1.54, 1.807) is 0 Å². The molecule has 222 valence electrons. The van der Waals surface area contributed by atoms with Crippen molar-refractivity contribution in [3.8, 4) is 0 Å². The molecule has 0 unspecified atom stereocenters. The van der Waals surface area contributed by atoms with Gasteiger partial charge in [0.1, 0.15) is 5.82 Å². The predicted molar refractivity (Wildman–Crippen MR) is 165 cm³/mol. The molecular weight excluding hydrogens is 500 g/mol. The third-order valence-electron chi connectivity index (χ3n) is 8.09. The lowest BCUT2D eigenvalue weighted by Crippen LogP contribution is -2.37. The van der Waals surface area contributed by atoms with Crippen LogP contribution in [0.15, 0.2) is 42.5 Å². The lowest BCUT2D eigenvalue weighted by molar-refractivity contribution is -0.137. The van der Waals surface area contributed by atoms with Gasteiger partial charge in [0.2, 0.25) is 0 Å². The Labute approximate surface area is 242 Å². The summed E-state index contributed by atoms with van der Waals surface area (Å²) in [5.74, 6) is 0.288. The van der Waals surface area contributed by atoms with Gasteiger partial charge in [-0.3, -0.25) is 4.79 Å². The van der Waals surface area contributed by atoms with Crippen LogP contribution in [-0.4, -0.2) is 71.9 Å². The van der Waals surface area contributed by atoms with Crippen molar-refractivity contribution in [2.24, 2.45) is 5.41 Å². The fourth-order valence-electron chi connectivity index (χ4n) is 5.41. The van der Waals surface area contributed by atoms with E-state index in [0.29, 0.717) is 11.8 Å². The first-order valence-corrected chi connectivity index (χ1v) is 15.4. The van der Waals surface area contributed by atoms with E-state index in [-0.39, 0.29) is 13.0 Å². The van der Waals surface area contributed by atoms with Crippen molar-refractivity contribution >= 4 is 17.5 Å². The highest BCUT2D eigenvalue weighted by atomic mass is 16.4. The van der Waals surface area contributed by atoms with E-state index in [2.05, 4.69) is 71.4 Å². The van der Waals surface area contributed by atoms with Gasteiger partial charge in [0.25, 0.3) is 0 Å². The third kappa shape index (κ3) is 11.8. The van der Waals surface area contributed by atoms with E-state index in [1.165, 1.54) is 101 Å². The Balaban J connectivity index is 0.000000185. The van der Waals surface area contributed by atoms with Crippen LogP contribution in [0, 0.1) is 5.41 Å². The van der Waals surface area contributed by atoms with Gasteiger partial charge in [-0.15, -0.1) is 0 Å². The molecule has 4 heterocycles. The number of hydrogen-bond donors (Lipinski definition) is 3. The van der Waals surface area contributed by atoms with E-state index in [9.17, 15) is 4.79 Å². The standard InChI is InChI=1S/C16H25N3.C13H19N.C4H8O3/c1-2-11-19(12-3-1)13-5-7-15-9-8-14-6-4-10-17-16(14)18-15;1-13(2)8-10-14(11-9-13)12-6-4-3-5-7-12;5-3-1-2-4(6)7/h8-9H,1-7,10-13H2,(H,17,18);3-7H,8-11H2,1-2H3;5H,1-3H2,(H,6,7). The molecule has 2 saturated heterocycles. The zero-order valence-corrected chi connectivity index (χ0v) is 24.9.